The lowest BCUT2D eigenvalue weighted by atomic mass is 10.0. The average molecular weight is 304 g/mol. The van der Waals surface area contributed by atoms with Gasteiger partial charge in [0.05, 0.1) is 17.4 Å². The van der Waals surface area contributed by atoms with Gasteiger partial charge in [0.2, 0.25) is 5.95 Å². The van der Waals surface area contributed by atoms with Crippen molar-refractivity contribution in [1.29, 1.82) is 0 Å². The third kappa shape index (κ3) is 2.57. The van der Waals surface area contributed by atoms with Crippen LogP contribution in [0.3, 0.4) is 0 Å². The van der Waals surface area contributed by atoms with E-state index in [-0.39, 0.29) is 11.5 Å². The Bertz CT molecular complexity index is 705. The average Bonchev–Trinajstić information content (AvgIpc) is 2.85. The maximum Gasteiger partial charge on any atom is 0.338 e. The third-order valence-corrected chi connectivity index (χ3v) is 4.31. The largest absolute Gasteiger partial charge is 0.478 e. The molecule has 8 nitrogen and oxygen atoms in total. The first-order valence-electron chi connectivity index (χ1n) is 7.26. The molecule has 0 bridgehead atoms. The molecule has 22 heavy (non-hydrogen) atoms. The van der Waals surface area contributed by atoms with Gasteiger partial charge in [-0.3, -0.25) is 0 Å². The summed E-state index contributed by atoms with van der Waals surface area (Å²) in [5.41, 5.74) is 6.89. The van der Waals surface area contributed by atoms with Gasteiger partial charge in [0.15, 0.2) is 5.65 Å². The SMILES string of the molecule is CN1CCC(N(C)c2cn3nc(N)nc3cc2C(=O)O)CC1. The molecule has 0 spiro atoms. The number of carboxylic acid groups (broad SMARTS) is 1. The molecule has 1 aliphatic rings. The van der Waals surface area contributed by atoms with Gasteiger partial charge in [-0.2, -0.15) is 4.98 Å². The molecule has 1 fully saturated rings. The lowest BCUT2D eigenvalue weighted by molar-refractivity contribution is 0.0697. The molecule has 0 unspecified atom stereocenters. The summed E-state index contributed by atoms with van der Waals surface area (Å²) < 4.78 is 1.53. The van der Waals surface area contributed by atoms with Crippen molar-refractivity contribution >= 4 is 23.3 Å². The van der Waals surface area contributed by atoms with E-state index in [0.717, 1.165) is 25.9 Å². The van der Waals surface area contributed by atoms with Crippen LogP contribution in [0.1, 0.15) is 23.2 Å². The number of pyridine rings is 1. The number of carbonyl (C=O) groups is 1. The van der Waals surface area contributed by atoms with Crippen molar-refractivity contribution in [3.63, 3.8) is 0 Å². The number of likely N-dealkylation sites (tertiary alicyclic amines) is 1. The van der Waals surface area contributed by atoms with E-state index in [9.17, 15) is 9.90 Å². The first-order valence-corrected chi connectivity index (χ1v) is 7.26. The number of nitrogens with zero attached hydrogens (tertiary/aromatic N) is 5. The molecule has 0 aliphatic carbocycles. The van der Waals surface area contributed by atoms with Gasteiger partial charge in [-0.25, -0.2) is 9.31 Å². The lowest BCUT2D eigenvalue weighted by Gasteiger charge is -2.36. The van der Waals surface area contributed by atoms with Crippen molar-refractivity contribution in [3.8, 4) is 0 Å². The Morgan fingerprint density at radius 2 is 2.14 bits per heavy atom. The van der Waals surface area contributed by atoms with Crippen LogP contribution in [-0.2, 0) is 0 Å². The molecule has 3 heterocycles. The monoisotopic (exact) mass is 304 g/mol. The fourth-order valence-electron chi connectivity index (χ4n) is 2.97. The summed E-state index contributed by atoms with van der Waals surface area (Å²) in [5, 5.41) is 13.6. The number of rotatable bonds is 3. The fourth-order valence-corrected chi connectivity index (χ4v) is 2.97. The Hall–Kier alpha value is -2.35. The second-order valence-corrected chi connectivity index (χ2v) is 5.80. The Morgan fingerprint density at radius 1 is 1.45 bits per heavy atom. The summed E-state index contributed by atoms with van der Waals surface area (Å²) in [6.07, 6.45) is 3.70. The number of aromatic carboxylic acids is 1. The van der Waals surface area contributed by atoms with Gasteiger partial charge in [0.25, 0.3) is 0 Å². The zero-order valence-corrected chi connectivity index (χ0v) is 12.7. The summed E-state index contributed by atoms with van der Waals surface area (Å²) in [5.74, 6) is -0.839. The van der Waals surface area contributed by atoms with Crippen molar-refractivity contribution in [3.05, 3.63) is 17.8 Å². The molecule has 8 heteroatoms. The highest BCUT2D eigenvalue weighted by Crippen LogP contribution is 2.26. The molecule has 118 valence electrons. The Labute approximate surface area is 128 Å². The van der Waals surface area contributed by atoms with Gasteiger partial charge in [-0.15, -0.1) is 5.10 Å². The van der Waals surface area contributed by atoms with E-state index in [1.807, 2.05) is 11.9 Å². The zero-order valence-electron chi connectivity index (χ0n) is 12.7. The van der Waals surface area contributed by atoms with Crippen molar-refractivity contribution in [2.45, 2.75) is 18.9 Å². The van der Waals surface area contributed by atoms with Gasteiger partial charge in [0.1, 0.15) is 0 Å². The van der Waals surface area contributed by atoms with E-state index >= 15 is 0 Å². The number of anilines is 2. The Kier molecular flexibility index (Phi) is 3.61. The summed E-state index contributed by atoms with van der Waals surface area (Å²) in [4.78, 5) is 19.9. The fraction of sp³-hybridized carbons (Fsp3) is 0.500. The lowest BCUT2D eigenvalue weighted by Crippen LogP contribution is -2.42. The van der Waals surface area contributed by atoms with E-state index in [1.54, 1.807) is 6.20 Å². The standard InChI is InChI=1S/C14H20N6O2/c1-18-5-3-9(4-6-18)19(2)11-8-20-12(16-14(15)17-20)7-10(11)13(21)22/h7-9H,3-6H2,1-2H3,(H2,15,17)(H,21,22). The van der Waals surface area contributed by atoms with Crippen LogP contribution in [0.4, 0.5) is 11.6 Å². The Balaban J connectivity index is 2.00. The molecule has 0 amide bonds. The van der Waals surface area contributed by atoms with E-state index < -0.39 is 5.97 Å². The molecule has 0 saturated carbocycles. The number of fused-ring (bicyclic) bond motifs is 1. The van der Waals surface area contributed by atoms with E-state index in [0.29, 0.717) is 17.4 Å². The van der Waals surface area contributed by atoms with E-state index in [2.05, 4.69) is 22.0 Å². The van der Waals surface area contributed by atoms with Gasteiger partial charge in [-0.05, 0) is 39.0 Å². The molecule has 0 radical (unpaired) electrons. The minimum atomic E-state index is -0.973. The van der Waals surface area contributed by atoms with Crippen LogP contribution < -0.4 is 10.6 Å². The third-order valence-electron chi connectivity index (χ3n) is 4.31. The van der Waals surface area contributed by atoms with Crippen LogP contribution in [0.25, 0.3) is 5.65 Å². The second-order valence-electron chi connectivity index (χ2n) is 5.80. The number of aromatic nitrogens is 3. The number of nitrogens with two attached hydrogens (primary N) is 1. The number of carboxylic acids is 1. The van der Waals surface area contributed by atoms with Crippen LogP contribution in [0.2, 0.25) is 0 Å². The highest BCUT2D eigenvalue weighted by atomic mass is 16.4. The topological polar surface area (TPSA) is 100.0 Å². The summed E-state index contributed by atoms with van der Waals surface area (Å²) in [7, 11) is 4.03. The minimum Gasteiger partial charge on any atom is -0.478 e. The molecule has 0 aromatic carbocycles. The molecule has 3 N–H and O–H groups in total. The van der Waals surface area contributed by atoms with Crippen molar-refractivity contribution < 1.29 is 9.90 Å². The molecule has 2 aromatic rings. The maximum absolute atomic E-state index is 11.6. The van der Waals surface area contributed by atoms with Gasteiger partial charge in [-0.1, -0.05) is 0 Å². The predicted octanol–water partition coefficient (Wildman–Crippen LogP) is 0.540. The number of nitrogen functional groups attached to an aromatic ring is 1. The zero-order chi connectivity index (χ0) is 15.9. The smallest absolute Gasteiger partial charge is 0.338 e. The quantitative estimate of drug-likeness (QED) is 0.853. The molecular weight excluding hydrogens is 284 g/mol. The highest BCUT2D eigenvalue weighted by molar-refractivity contribution is 5.95. The minimum absolute atomic E-state index is 0.135. The normalized spacial score (nSPS) is 17.0. The van der Waals surface area contributed by atoms with Gasteiger partial charge >= 0.3 is 5.97 Å². The maximum atomic E-state index is 11.6. The Morgan fingerprint density at radius 3 is 2.77 bits per heavy atom. The van der Waals surface area contributed by atoms with Crippen LogP contribution in [0.5, 0.6) is 0 Å². The number of hydrogen-bond donors (Lipinski definition) is 2. The van der Waals surface area contributed by atoms with Gasteiger partial charge in [0, 0.05) is 13.1 Å². The van der Waals surface area contributed by atoms with Gasteiger partial charge < -0.3 is 20.6 Å². The van der Waals surface area contributed by atoms with Crippen LogP contribution >= 0.6 is 0 Å². The van der Waals surface area contributed by atoms with Crippen molar-refractivity contribution in [1.82, 2.24) is 19.5 Å². The summed E-state index contributed by atoms with van der Waals surface area (Å²) >= 11 is 0. The molecule has 2 aromatic heterocycles. The van der Waals surface area contributed by atoms with Crippen molar-refractivity contribution in [2.75, 3.05) is 37.8 Å². The first-order chi connectivity index (χ1) is 10.5. The van der Waals surface area contributed by atoms with Crippen LogP contribution in [0, 0.1) is 0 Å². The van der Waals surface area contributed by atoms with E-state index in [1.165, 1.54) is 10.6 Å². The van der Waals surface area contributed by atoms with Crippen LogP contribution in [0.15, 0.2) is 12.3 Å². The molecular formula is C14H20N6O2. The number of hydrogen-bond acceptors (Lipinski definition) is 6. The highest BCUT2D eigenvalue weighted by Gasteiger charge is 2.25. The number of piperidine rings is 1. The first kappa shape index (κ1) is 14.6. The van der Waals surface area contributed by atoms with Crippen molar-refractivity contribution in [2.24, 2.45) is 0 Å². The molecule has 3 rings (SSSR count). The summed E-state index contributed by atoms with van der Waals surface area (Å²) in [6.45, 7) is 2.02. The molecule has 1 aliphatic heterocycles. The molecule has 1 saturated heterocycles. The van der Waals surface area contributed by atoms with E-state index in [4.69, 9.17) is 5.73 Å². The second kappa shape index (κ2) is 5.45. The predicted molar refractivity (Wildman–Crippen MR) is 83.3 cm³/mol. The molecule has 0 atom stereocenters. The van der Waals surface area contributed by atoms with Crippen LogP contribution in [-0.4, -0.2) is 63.8 Å². The summed E-state index contributed by atoms with van der Waals surface area (Å²) in [6, 6.07) is 1.83.